The van der Waals surface area contributed by atoms with E-state index in [2.05, 4.69) is 42.5 Å². The van der Waals surface area contributed by atoms with Crippen molar-refractivity contribution < 1.29 is 9.53 Å². The molecule has 4 nitrogen and oxygen atoms in total. The van der Waals surface area contributed by atoms with Gasteiger partial charge in [-0.25, -0.2) is 5.43 Å². The number of fused-ring (bicyclic) bond motifs is 1. The molecule has 1 atom stereocenters. The topological polar surface area (TPSA) is 41.6 Å². The number of aryl methyl sites for hydroxylation is 1. The van der Waals surface area contributed by atoms with Crippen molar-refractivity contribution in [3.63, 3.8) is 0 Å². The molecule has 1 N–H and O–H groups in total. The number of benzene rings is 2. The van der Waals surface area contributed by atoms with Gasteiger partial charge in [0.2, 0.25) is 0 Å². The summed E-state index contributed by atoms with van der Waals surface area (Å²) >= 11 is 6.42. The summed E-state index contributed by atoms with van der Waals surface area (Å²) in [7, 11) is 0. The molecule has 1 unspecified atom stereocenters. The zero-order chi connectivity index (χ0) is 19.8. The van der Waals surface area contributed by atoms with Crippen molar-refractivity contribution in [3.05, 3.63) is 63.7 Å². The molecule has 2 aromatic rings. The molecule has 0 spiro atoms. The highest BCUT2D eigenvalue weighted by Gasteiger charge is 2.27. The summed E-state index contributed by atoms with van der Waals surface area (Å²) in [5.74, 6) is -0.213. The smallest absolute Gasteiger partial charge is 0.310 e. The fourth-order valence-electron chi connectivity index (χ4n) is 3.37. The first kappa shape index (κ1) is 19.7. The number of anilines is 1. The molecule has 0 bridgehead atoms. The molecule has 0 saturated carbocycles. The molecule has 0 amide bonds. The van der Waals surface area contributed by atoms with Crippen LogP contribution in [0.4, 0.5) is 5.69 Å². The normalized spacial score (nSPS) is 16.4. The van der Waals surface area contributed by atoms with Crippen LogP contribution in [0.2, 0.25) is 5.02 Å². The number of carbonyl (C=O) groups is 1. The molecule has 1 aliphatic rings. The Morgan fingerprint density at radius 1 is 1.26 bits per heavy atom. The van der Waals surface area contributed by atoms with Crippen LogP contribution in [0.1, 0.15) is 56.0 Å². The van der Waals surface area contributed by atoms with Gasteiger partial charge in [0, 0.05) is 5.02 Å². The van der Waals surface area contributed by atoms with Crippen molar-refractivity contribution in [3.8, 4) is 0 Å². The minimum absolute atomic E-state index is 0.207. The number of hydrogen-bond acceptors (Lipinski definition) is 4. The molecule has 0 aliphatic carbocycles. The minimum atomic E-state index is -0.475. The number of halogens is 1. The van der Waals surface area contributed by atoms with E-state index in [9.17, 15) is 4.79 Å². The van der Waals surface area contributed by atoms with E-state index in [1.807, 2.05) is 39.0 Å². The number of esters is 1. The second-order valence-electron chi connectivity index (χ2n) is 8.13. The minimum Gasteiger partial charge on any atom is -0.460 e. The average molecular weight is 387 g/mol. The van der Waals surface area contributed by atoms with Crippen LogP contribution in [0, 0.1) is 6.92 Å². The van der Waals surface area contributed by atoms with Crippen LogP contribution in [-0.4, -0.2) is 11.6 Å². The lowest BCUT2D eigenvalue weighted by molar-refractivity contribution is -0.153. The van der Waals surface area contributed by atoms with Gasteiger partial charge in [0.1, 0.15) is 5.60 Å². The highest BCUT2D eigenvalue weighted by Crippen LogP contribution is 2.35. The highest BCUT2D eigenvalue weighted by molar-refractivity contribution is 6.31. The van der Waals surface area contributed by atoms with Crippen molar-refractivity contribution in [2.75, 3.05) is 5.01 Å². The molecular formula is C22H27ClN2O2. The third-order valence-corrected chi connectivity index (χ3v) is 4.99. The first-order valence-corrected chi connectivity index (χ1v) is 9.64. The monoisotopic (exact) mass is 386 g/mol. The molecular weight excluding hydrogens is 360 g/mol. The first-order valence-electron chi connectivity index (χ1n) is 9.26. The molecule has 0 saturated heterocycles. The number of hydrazine groups is 1. The Kier molecular flexibility index (Phi) is 5.50. The van der Waals surface area contributed by atoms with E-state index in [0.717, 1.165) is 27.4 Å². The number of rotatable bonds is 4. The van der Waals surface area contributed by atoms with Gasteiger partial charge >= 0.3 is 5.97 Å². The Hall–Kier alpha value is -2.04. The van der Waals surface area contributed by atoms with Gasteiger partial charge in [0.05, 0.1) is 24.7 Å². The van der Waals surface area contributed by atoms with E-state index in [4.69, 9.17) is 16.3 Å². The molecule has 0 aromatic heterocycles. The Labute approximate surface area is 166 Å². The van der Waals surface area contributed by atoms with Crippen LogP contribution < -0.4 is 10.4 Å². The highest BCUT2D eigenvalue weighted by atomic mass is 35.5. The summed E-state index contributed by atoms with van der Waals surface area (Å²) in [5.41, 5.74) is 8.53. The molecule has 5 heteroatoms. The molecule has 2 aromatic carbocycles. The van der Waals surface area contributed by atoms with E-state index in [0.29, 0.717) is 6.54 Å². The number of carbonyl (C=O) groups excluding carboxylic acids is 1. The second kappa shape index (κ2) is 7.53. The molecule has 0 radical (unpaired) electrons. The third-order valence-electron chi connectivity index (χ3n) is 4.64. The van der Waals surface area contributed by atoms with Gasteiger partial charge < -0.3 is 9.75 Å². The lowest BCUT2D eigenvalue weighted by Gasteiger charge is -2.23. The second-order valence-corrected chi connectivity index (χ2v) is 8.54. The molecule has 3 rings (SSSR count). The van der Waals surface area contributed by atoms with E-state index >= 15 is 0 Å². The largest absolute Gasteiger partial charge is 0.460 e. The number of hydrogen-bond donors (Lipinski definition) is 1. The van der Waals surface area contributed by atoms with Gasteiger partial charge in [0.25, 0.3) is 0 Å². The molecule has 27 heavy (non-hydrogen) atoms. The predicted octanol–water partition coefficient (Wildman–Crippen LogP) is 5.12. The van der Waals surface area contributed by atoms with Crippen molar-refractivity contribution in [2.45, 2.75) is 59.2 Å². The lowest BCUT2D eigenvalue weighted by Crippen LogP contribution is -2.33. The molecule has 0 fully saturated rings. The van der Waals surface area contributed by atoms with Gasteiger partial charge in [-0.15, -0.1) is 0 Å². The van der Waals surface area contributed by atoms with Crippen molar-refractivity contribution in [1.82, 2.24) is 5.43 Å². The van der Waals surface area contributed by atoms with Crippen LogP contribution in [0.15, 0.2) is 36.4 Å². The summed E-state index contributed by atoms with van der Waals surface area (Å²) in [6, 6.07) is 12.3. The SMILES string of the molecule is Cc1cccc(Cl)c1CN1NC(C)c2ccc(CC(=O)OC(C)(C)C)cc21. The third kappa shape index (κ3) is 4.63. The maximum absolute atomic E-state index is 12.2. The number of nitrogens with one attached hydrogen (secondary N) is 1. The standard InChI is InChI=1S/C22H27ClN2O2/c1-14-7-6-8-19(23)18(14)13-25-20-11-16(9-10-17(20)15(2)24-25)12-21(26)27-22(3,4)5/h6-11,15,24H,12-13H2,1-5H3. The average Bonchev–Trinajstić information content (AvgIpc) is 2.85. The maximum atomic E-state index is 12.2. The van der Waals surface area contributed by atoms with Gasteiger partial charge in [-0.2, -0.15) is 0 Å². The predicted molar refractivity (Wildman–Crippen MR) is 110 cm³/mol. The van der Waals surface area contributed by atoms with Crippen LogP contribution in [0.5, 0.6) is 0 Å². The summed E-state index contributed by atoms with van der Waals surface area (Å²) in [5, 5.41) is 2.88. The zero-order valence-corrected chi connectivity index (χ0v) is 17.4. The van der Waals surface area contributed by atoms with Crippen LogP contribution in [0.25, 0.3) is 0 Å². The fraction of sp³-hybridized carbons (Fsp3) is 0.409. The number of nitrogens with zero attached hydrogens (tertiary/aromatic N) is 1. The van der Waals surface area contributed by atoms with Crippen molar-refractivity contribution in [2.24, 2.45) is 0 Å². The maximum Gasteiger partial charge on any atom is 0.310 e. The fourth-order valence-corrected chi connectivity index (χ4v) is 3.65. The van der Waals surface area contributed by atoms with Crippen molar-refractivity contribution in [1.29, 1.82) is 0 Å². The Morgan fingerprint density at radius 2 is 2.00 bits per heavy atom. The summed E-state index contributed by atoms with van der Waals surface area (Å²) < 4.78 is 5.45. The molecule has 1 heterocycles. The van der Waals surface area contributed by atoms with Gasteiger partial charge in [-0.1, -0.05) is 35.9 Å². The Bertz CT molecular complexity index is 838. The van der Waals surface area contributed by atoms with E-state index in [-0.39, 0.29) is 18.4 Å². The zero-order valence-electron chi connectivity index (χ0n) is 16.6. The van der Waals surface area contributed by atoms with Gasteiger partial charge in [0.15, 0.2) is 0 Å². The van der Waals surface area contributed by atoms with Crippen LogP contribution >= 0.6 is 11.6 Å². The first-order chi connectivity index (χ1) is 12.6. The van der Waals surface area contributed by atoms with E-state index in [1.54, 1.807) is 0 Å². The van der Waals surface area contributed by atoms with Crippen LogP contribution in [-0.2, 0) is 22.5 Å². The van der Waals surface area contributed by atoms with Crippen molar-refractivity contribution >= 4 is 23.3 Å². The van der Waals surface area contributed by atoms with Gasteiger partial charge in [-0.3, -0.25) is 4.79 Å². The summed E-state index contributed by atoms with van der Waals surface area (Å²) in [6.07, 6.45) is 0.262. The van der Waals surface area contributed by atoms with E-state index < -0.39 is 5.60 Å². The summed E-state index contributed by atoms with van der Waals surface area (Å²) in [4.78, 5) is 12.2. The van der Waals surface area contributed by atoms with Gasteiger partial charge in [-0.05, 0) is 69.0 Å². The molecule has 1 aliphatic heterocycles. The quantitative estimate of drug-likeness (QED) is 0.740. The lowest BCUT2D eigenvalue weighted by atomic mass is 10.0. The Morgan fingerprint density at radius 3 is 2.67 bits per heavy atom. The summed E-state index contributed by atoms with van der Waals surface area (Å²) in [6.45, 7) is 10.5. The molecule has 144 valence electrons. The number of ether oxygens (including phenoxy) is 1. The Balaban J connectivity index is 1.83. The van der Waals surface area contributed by atoms with E-state index in [1.165, 1.54) is 5.56 Å². The van der Waals surface area contributed by atoms with Crippen LogP contribution in [0.3, 0.4) is 0 Å².